The van der Waals surface area contributed by atoms with Gasteiger partial charge in [0.2, 0.25) is 5.95 Å². The summed E-state index contributed by atoms with van der Waals surface area (Å²) < 4.78 is 39.0. The van der Waals surface area contributed by atoms with Crippen molar-refractivity contribution in [1.29, 1.82) is 0 Å². The van der Waals surface area contributed by atoms with Crippen LogP contribution in [0.3, 0.4) is 0 Å². The fraction of sp³-hybridized carbons (Fsp3) is 0.381. The number of hydrogen-bond donors (Lipinski definition) is 2. The fourth-order valence-electron chi connectivity index (χ4n) is 3.17. The number of hydrogen-bond acceptors (Lipinski definition) is 7. The topological polar surface area (TPSA) is 131 Å². The minimum absolute atomic E-state index is 0.0297. The first-order valence-corrected chi connectivity index (χ1v) is 10.1. The summed E-state index contributed by atoms with van der Waals surface area (Å²) in [7, 11) is 0. The number of urea groups is 1. The lowest BCUT2D eigenvalue weighted by molar-refractivity contribution is -0.137. The van der Waals surface area contributed by atoms with Crippen LogP contribution in [0.15, 0.2) is 30.5 Å². The number of nitrogens with one attached hydrogen (secondary N) is 1. The monoisotopic (exact) mass is 480 g/mol. The zero-order valence-electron chi connectivity index (χ0n) is 18.8. The highest BCUT2D eigenvalue weighted by Gasteiger charge is 2.37. The fourth-order valence-corrected chi connectivity index (χ4v) is 3.17. The summed E-state index contributed by atoms with van der Waals surface area (Å²) in [4.78, 5) is 52.0. The van der Waals surface area contributed by atoms with Gasteiger partial charge in [-0.2, -0.15) is 23.2 Å². The van der Waals surface area contributed by atoms with E-state index in [4.69, 9.17) is 10.6 Å². The zero-order chi connectivity index (χ0) is 25.4. The second kappa shape index (κ2) is 8.80. The molecule has 0 saturated carbocycles. The first-order chi connectivity index (χ1) is 15.7. The van der Waals surface area contributed by atoms with Gasteiger partial charge in [0.15, 0.2) is 0 Å². The Morgan fingerprint density at radius 1 is 1.29 bits per heavy atom. The van der Waals surface area contributed by atoms with Crippen LogP contribution < -0.4 is 16.0 Å². The molecule has 1 aliphatic rings. The number of nitrogen functional groups attached to an aromatic ring is 1. The molecule has 34 heavy (non-hydrogen) atoms. The number of hydroxylamine groups is 2. The van der Waals surface area contributed by atoms with Crippen molar-refractivity contribution < 1.29 is 32.4 Å². The Balaban J connectivity index is 1.81. The average Bonchev–Trinajstić information content (AvgIpc) is 3.02. The van der Waals surface area contributed by atoms with Gasteiger partial charge >= 0.3 is 18.2 Å². The maximum atomic E-state index is 13.0. The summed E-state index contributed by atoms with van der Waals surface area (Å²) in [5, 5.41) is 3.38. The molecule has 1 aromatic carbocycles. The third-order valence-electron chi connectivity index (χ3n) is 4.80. The molecule has 0 spiro atoms. The van der Waals surface area contributed by atoms with Crippen molar-refractivity contribution >= 4 is 29.7 Å². The SMILES string of the molecule is CC(C)N(OC(=O)c1cnc(N2CC(C)(C)NC2=O)nc1N)C(=O)c1cccc(C(F)(F)F)c1. The molecule has 182 valence electrons. The third-order valence-corrected chi connectivity index (χ3v) is 4.80. The lowest BCUT2D eigenvalue weighted by Gasteiger charge is -2.25. The van der Waals surface area contributed by atoms with Gasteiger partial charge in [0.1, 0.15) is 11.4 Å². The molecule has 0 unspecified atom stereocenters. The molecule has 3 N–H and O–H groups in total. The van der Waals surface area contributed by atoms with Crippen LogP contribution in [0.5, 0.6) is 0 Å². The van der Waals surface area contributed by atoms with E-state index in [0.717, 1.165) is 18.3 Å². The molecule has 1 fully saturated rings. The van der Waals surface area contributed by atoms with Crippen LogP contribution >= 0.6 is 0 Å². The van der Waals surface area contributed by atoms with Crippen molar-refractivity contribution in [3.8, 4) is 0 Å². The van der Waals surface area contributed by atoms with Gasteiger partial charge < -0.3 is 15.9 Å². The van der Waals surface area contributed by atoms with Gasteiger partial charge in [-0.25, -0.2) is 14.6 Å². The number of alkyl halides is 3. The lowest BCUT2D eigenvalue weighted by atomic mass is 10.1. The largest absolute Gasteiger partial charge is 0.416 e. The molecule has 1 aromatic heterocycles. The Labute approximate surface area is 192 Å². The van der Waals surface area contributed by atoms with Gasteiger partial charge in [-0.1, -0.05) is 6.07 Å². The van der Waals surface area contributed by atoms with Gasteiger partial charge in [0.05, 0.1) is 23.7 Å². The quantitative estimate of drug-likeness (QED) is 0.643. The smallest absolute Gasteiger partial charge is 0.383 e. The van der Waals surface area contributed by atoms with Crippen molar-refractivity contribution in [1.82, 2.24) is 20.3 Å². The highest BCUT2D eigenvalue weighted by Crippen LogP contribution is 2.30. The average molecular weight is 480 g/mol. The Bertz CT molecular complexity index is 1140. The first kappa shape index (κ1) is 24.7. The number of benzene rings is 1. The van der Waals surface area contributed by atoms with E-state index in [-0.39, 0.29) is 29.4 Å². The minimum atomic E-state index is -4.65. The second-order valence-electron chi connectivity index (χ2n) is 8.55. The van der Waals surface area contributed by atoms with Crippen molar-refractivity contribution in [2.75, 3.05) is 17.2 Å². The number of amides is 3. The van der Waals surface area contributed by atoms with E-state index in [0.29, 0.717) is 11.1 Å². The maximum Gasteiger partial charge on any atom is 0.416 e. The van der Waals surface area contributed by atoms with Gasteiger partial charge in [0.25, 0.3) is 5.91 Å². The van der Waals surface area contributed by atoms with Crippen LogP contribution in [0, 0.1) is 0 Å². The highest BCUT2D eigenvalue weighted by molar-refractivity contribution is 5.98. The van der Waals surface area contributed by atoms with Crippen LogP contribution in [-0.2, 0) is 11.0 Å². The molecule has 0 atom stereocenters. The number of carbonyl (C=O) groups excluding carboxylic acids is 3. The van der Waals surface area contributed by atoms with E-state index in [1.807, 2.05) is 13.8 Å². The molecule has 3 rings (SSSR count). The van der Waals surface area contributed by atoms with Crippen LogP contribution in [0.1, 0.15) is 54.0 Å². The summed E-state index contributed by atoms with van der Waals surface area (Å²) in [5.41, 5.74) is 3.73. The summed E-state index contributed by atoms with van der Waals surface area (Å²) in [6, 6.07) is 2.59. The van der Waals surface area contributed by atoms with E-state index >= 15 is 0 Å². The molecule has 13 heteroatoms. The Kier molecular flexibility index (Phi) is 6.40. The van der Waals surface area contributed by atoms with Crippen molar-refractivity contribution in [2.45, 2.75) is 45.5 Å². The van der Waals surface area contributed by atoms with Crippen LogP contribution in [-0.4, -0.2) is 51.1 Å². The van der Waals surface area contributed by atoms with Crippen molar-refractivity contribution in [3.05, 3.63) is 47.2 Å². The molecule has 10 nitrogen and oxygen atoms in total. The first-order valence-electron chi connectivity index (χ1n) is 10.1. The van der Waals surface area contributed by atoms with Crippen LogP contribution in [0.2, 0.25) is 0 Å². The third kappa shape index (κ3) is 5.18. The van der Waals surface area contributed by atoms with Gasteiger partial charge in [0, 0.05) is 11.8 Å². The summed E-state index contributed by atoms with van der Waals surface area (Å²) in [5.74, 6) is -2.38. The molecule has 2 heterocycles. The number of nitrogens with two attached hydrogens (primary N) is 1. The Hall–Kier alpha value is -3.90. The second-order valence-corrected chi connectivity index (χ2v) is 8.55. The van der Waals surface area contributed by atoms with Crippen LogP contribution in [0.25, 0.3) is 0 Å². The van der Waals surface area contributed by atoms with E-state index in [9.17, 15) is 27.6 Å². The van der Waals surface area contributed by atoms with E-state index in [1.54, 1.807) is 0 Å². The molecule has 0 bridgehead atoms. The molecule has 3 amide bonds. The molecule has 2 aromatic rings. The Morgan fingerprint density at radius 2 is 1.97 bits per heavy atom. The maximum absolute atomic E-state index is 13.0. The van der Waals surface area contributed by atoms with Crippen LogP contribution in [0.4, 0.5) is 29.7 Å². The molecule has 0 radical (unpaired) electrons. The van der Waals surface area contributed by atoms with Crippen molar-refractivity contribution in [3.63, 3.8) is 0 Å². The van der Waals surface area contributed by atoms with Gasteiger partial charge in [-0.15, -0.1) is 0 Å². The zero-order valence-corrected chi connectivity index (χ0v) is 18.8. The summed E-state index contributed by atoms with van der Waals surface area (Å²) in [6.07, 6.45) is -3.60. The predicted molar refractivity (Wildman–Crippen MR) is 115 cm³/mol. The molecule has 1 aliphatic heterocycles. The lowest BCUT2D eigenvalue weighted by Crippen LogP contribution is -2.39. The predicted octanol–water partition coefficient (Wildman–Crippen LogP) is 3.01. The van der Waals surface area contributed by atoms with E-state index < -0.39 is 41.2 Å². The molecular weight excluding hydrogens is 457 g/mol. The standard InChI is InChI=1S/C21H23F3N6O4/c1-11(2)30(16(31)12-6-5-7-13(8-12)21(22,23)24)34-17(32)14-9-26-18(27-15(14)25)29-10-20(3,4)28-19(29)33/h5-9,11H,10H2,1-4H3,(H,28,33)(H2,25,26,27). The number of nitrogens with zero attached hydrogens (tertiary/aromatic N) is 4. The molecule has 1 saturated heterocycles. The minimum Gasteiger partial charge on any atom is -0.383 e. The Morgan fingerprint density at radius 3 is 2.50 bits per heavy atom. The number of rotatable bonds is 4. The summed E-state index contributed by atoms with van der Waals surface area (Å²) >= 11 is 0. The number of aromatic nitrogens is 2. The van der Waals surface area contributed by atoms with Gasteiger partial charge in [-0.3, -0.25) is 9.69 Å². The molecule has 0 aliphatic carbocycles. The van der Waals surface area contributed by atoms with E-state index in [2.05, 4.69) is 15.3 Å². The number of anilines is 2. The van der Waals surface area contributed by atoms with E-state index in [1.165, 1.54) is 24.8 Å². The number of carbonyl (C=O) groups is 3. The normalized spacial score (nSPS) is 15.3. The van der Waals surface area contributed by atoms with Gasteiger partial charge in [-0.05, 0) is 45.9 Å². The number of halogens is 3. The highest BCUT2D eigenvalue weighted by atomic mass is 19.4. The molecular formula is C21H23F3N6O4. The summed E-state index contributed by atoms with van der Waals surface area (Å²) in [6.45, 7) is 6.90. The van der Waals surface area contributed by atoms with Crippen molar-refractivity contribution in [2.24, 2.45) is 0 Å².